The summed E-state index contributed by atoms with van der Waals surface area (Å²) in [5, 5.41) is 19.9. The van der Waals surface area contributed by atoms with E-state index < -0.39 is 41.6 Å². The number of aromatic nitrogens is 2. The molecule has 7 rings (SSSR count). The van der Waals surface area contributed by atoms with E-state index in [0.29, 0.717) is 28.8 Å². The number of carbonyl (C=O) groups excluding carboxylic acids is 2. The Labute approximate surface area is 254 Å². The van der Waals surface area contributed by atoms with Crippen LogP contribution in [0.25, 0.3) is 11.6 Å². The molecular formula is C33H35N5O6. The molecule has 11 nitrogen and oxygen atoms in total. The van der Waals surface area contributed by atoms with E-state index in [9.17, 15) is 14.7 Å². The largest absolute Gasteiger partial charge is 0.469 e. The van der Waals surface area contributed by atoms with Crippen molar-refractivity contribution in [2.75, 3.05) is 5.32 Å². The fraction of sp³-hybridized carbons (Fsp3) is 0.394. The molecule has 4 N–H and O–H groups in total. The zero-order chi connectivity index (χ0) is 30.9. The molecule has 2 aromatic carbocycles. The number of anilines is 1. The second kappa shape index (κ2) is 10.2. The molecule has 3 aliphatic heterocycles. The third-order valence-corrected chi connectivity index (χ3v) is 8.77. The van der Waals surface area contributed by atoms with E-state index in [0.717, 1.165) is 22.4 Å². The van der Waals surface area contributed by atoms with Crippen LogP contribution >= 0.6 is 0 Å². The summed E-state index contributed by atoms with van der Waals surface area (Å²) >= 11 is 0. The number of hydrogen-bond acceptors (Lipinski definition) is 9. The van der Waals surface area contributed by atoms with Crippen molar-refractivity contribution in [2.24, 2.45) is 11.8 Å². The highest BCUT2D eigenvalue weighted by Gasteiger charge is 2.61. The van der Waals surface area contributed by atoms with Crippen molar-refractivity contribution < 1.29 is 28.3 Å². The summed E-state index contributed by atoms with van der Waals surface area (Å²) in [6.07, 6.45) is -0.0682. The van der Waals surface area contributed by atoms with E-state index in [4.69, 9.17) is 18.6 Å². The predicted molar refractivity (Wildman–Crippen MR) is 160 cm³/mol. The Morgan fingerprint density at radius 1 is 1.09 bits per heavy atom. The SMILES string of the molecule is Cc1coc(-c2nc3oc2C24c5ccccc5NC2Oc2ccc(cc24)C[C@H](NC(=O)C(O)C(C)C)C(=O)N[C@H]3C(C)C)n1. The Bertz CT molecular complexity index is 1780. The maximum absolute atomic E-state index is 13.9. The molecule has 3 unspecified atom stereocenters. The minimum Gasteiger partial charge on any atom is -0.469 e. The Balaban J connectivity index is 1.48. The van der Waals surface area contributed by atoms with E-state index in [2.05, 4.69) is 20.9 Å². The third kappa shape index (κ3) is 4.21. The second-order valence-electron chi connectivity index (χ2n) is 12.5. The molecule has 11 heteroatoms. The van der Waals surface area contributed by atoms with E-state index in [-0.39, 0.29) is 24.1 Å². The molecule has 44 heavy (non-hydrogen) atoms. The molecule has 3 aliphatic rings. The number of nitrogens with one attached hydrogen (secondary N) is 3. The first-order valence-electron chi connectivity index (χ1n) is 15.0. The number of oxazole rings is 2. The maximum atomic E-state index is 13.9. The molecule has 228 valence electrons. The van der Waals surface area contributed by atoms with Gasteiger partial charge in [-0.3, -0.25) is 9.59 Å². The number of aliphatic hydroxyl groups is 1. The van der Waals surface area contributed by atoms with Crippen molar-refractivity contribution >= 4 is 17.5 Å². The number of amides is 2. The van der Waals surface area contributed by atoms with Crippen molar-refractivity contribution in [1.82, 2.24) is 20.6 Å². The lowest BCUT2D eigenvalue weighted by Gasteiger charge is -2.29. The van der Waals surface area contributed by atoms with Gasteiger partial charge in [-0.1, -0.05) is 58.0 Å². The molecule has 0 aliphatic carbocycles. The molecule has 2 aromatic heterocycles. The number of benzene rings is 2. The Hall–Kier alpha value is -4.64. The molecule has 0 saturated carbocycles. The summed E-state index contributed by atoms with van der Waals surface area (Å²) < 4.78 is 19.2. The molecule has 5 atom stereocenters. The van der Waals surface area contributed by atoms with Crippen LogP contribution in [-0.2, 0) is 21.4 Å². The lowest BCUT2D eigenvalue weighted by Crippen LogP contribution is -2.52. The van der Waals surface area contributed by atoms with Crippen LogP contribution in [-0.4, -0.2) is 45.3 Å². The van der Waals surface area contributed by atoms with Crippen molar-refractivity contribution in [3.05, 3.63) is 82.8 Å². The first-order valence-corrected chi connectivity index (χ1v) is 15.0. The first-order chi connectivity index (χ1) is 21.1. The zero-order valence-corrected chi connectivity index (χ0v) is 25.2. The molecular weight excluding hydrogens is 562 g/mol. The molecule has 5 heterocycles. The van der Waals surface area contributed by atoms with Gasteiger partial charge in [0.1, 0.15) is 35.6 Å². The quantitative estimate of drug-likeness (QED) is 0.268. The number of aryl methyl sites for hydroxylation is 1. The highest BCUT2D eigenvalue weighted by molar-refractivity contribution is 5.90. The fourth-order valence-corrected chi connectivity index (χ4v) is 6.47. The summed E-state index contributed by atoms with van der Waals surface area (Å²) in [5.74, 6) is 0.252. The predicted octanol–water partition coefficient (Wildman–Crippen LogP) is 3.99. The number of carbonyl (C=O) groups is 2. The van der Waals surface area contributed by atoms with Crippen LogP contribution in [0, 0.1) is 18.8 Å². The topological polar surface area (TPSA) is 152 Å². The second-order valence-corrected chi connectivity index (χ2v) is 12.5. The standard InChI is InChI=1S/C33H35N5O6/c1-15(2)24-31-38-25(30-34-17(5)14-42-30)27(44-31)33-19-8-6-7-9-21(19)36-32(33)43-23-11-10-18(12-20(23)33)13-22(28(40)37-24)35-29(41)26(39)16(3)4/h6-12,14-16,22,24,26,32,36,39H,13H2,1-5H3,(H,35,41)(H,37,40)/t22-,24-,26?,32?,33?/m0/s1. The van der Waals surface area contributed by atoms with Crippen molar-refractivity contribution in [3.63, 3.8) is 0 Å². The zero-order valence-electron chi connectivity index (χ0n) is 25.2. The summed E-state index contributed by atoms with van der Waals surface area (Å²) in [4.78, 5) is 36.5. The van der Waals surface area contributed by atoms with Gasteiger partial charge < -0.3 is 34.6 Å². The Kier molecular flexibility index (Phi) is 6.54. The lowest BCUT2D eigenvalue weighted by molar-refractivity contribution is -0.135. The lowest BCUT2D eigenvalue weighted by atomic mass is 9.72. The highest BCUT2D eigenvalue weighted by atomic mass is 16.5. The summed E-state index contributed by atoms with van der Waals surface area (Å²) in [5.41, 5.74) is 3.61. The van der Waals surface area contributed by atoms with Gasteiger partial charge in [0.15, 0.2) is 17.7 Å². The summed E-state index contributed by atoms with van der Waals surface area (Å²) in [6, 6.07) is 12.1. The molecule has 4 bridgehead atoms. The molecule has 2 amide bonds. The van der Waals surface area contributed by atoms with Gasteiger partial charge in [0.05, 0.1) is 5.69 Å². The van der Waals surface area contributed by atoms with Crippen LogP contribution in [0.15, 0.2) is 57.6 Å². The van der Waals surface area contributed by atoms with Gasteiger partial charge in [0.25, 0.3) is 0 Å². The maximum Gasteiger partial charge on any atom is 0.249 e. The molecule has 4 aromatic rings. The first kappa shape index (κ1) is 28.1. The minimum absolute atomic E-state index is 0.138. The van der Waals surface area contributed by atoms with Crippen LogP contribution in [0.5, 0.6) is 5.75 Å². The van der Waals surface area contributed by atoms with Gasteiger partial charge in [-0.05, 0) is 42.0 Å². The van der Waals surface area contributed by atoms with Crippen LogP contribution in [0.4, 0.5) is 5.69 Å². The van der Waals surface area contributed by atoms with Crippen LogP contribution < -0.4 is 20.7 Å². The normalized spacial score (nSPS) is 24.0. The number of aliphatic hydroxyl groups excluding tert-OH is 1. The summed E-state index contributed by atoms with van der Waals surface area (Å²) in [6.45, 7) is 9.25. The summed E-state index contributed by atoms with van der Waals surface area (Å²) in [7, 11) is 0. The monoisotopic (exact) mass is 597 g/mol. The number of para-hydroxylation sites is 1. The Morgan fingerprint density at radius 2 is 1.89 bits per heavy atom. The fourth-order valence-electron chi connectivity index (χ4n) is 6.47. The van der Waals surface area contributed by atoms with Gasteiger partial charge in [0.2, 0.25) is 23.6 Å². The van der Waals surface area contributed by atoms with Crippen molar-refractivity contribution in [2.45, 2.75) is 70.9 Å². The van der Waals surface area contributed by atoms with Gasteiger partial charge >= 0.3 is 0 Å². The molecule has 1 spiro atoms. The number of fused-ring (bicyclic) bond motifs is 4. The average Bonchev–Trinajstić information content (AvgIpc) is 3.75. The number of nitrogens with zero attached hydrogens (tertiary/aromatic N) is 2. The average molecular weight is 598 g/mol. The third-order valence-electron chi connectivity index (χ3n) is 8.77. The smallest absolute Gasteiger partial charge is 0.249 e. The van der Waals surface area contributed by atoms with Gasteiger partial charge in [-0.2, -0.15) is 0 Å². The van der Waals surface area contributed by atoms with Gasteiger partial charge in [-0.25, -0.2) is 9.97 Å². The van der Waals surface area contributed by atoms with Gasteiger partial charge in [0, 0.05) is 17.7 Å². The van der Waals surface area contributed by atoms with E-state index in [1.165, 1.54) is 0 Å². The number of rotatable bonds is 5. The van der Waals surface area contributed by atoms with Crippen LogP contribution in [0.2, 0.25) is 0 Å². The molecule has 0 radical (unpaired) electrons. The van der Waals surface area contributed by atoms with Crippen LogP contribution in [0.3, 0.4) is 0 Å². The van der Waals surface area contributed by atoms with Crippen molar-refractivity contribution in [3.8, 4) is 17.3 Å². The minimum atomic E-state index is -1.26. The Morgan fingerprint density at radius 3 is 2.61 bits per heavy atom. The number of ether oxygens (including phenoxy) is 1. The highest BCUT2D eigenvalue weighted by Crippen LogP contribution is 2.59. The van der Waals surface area contributed by atoms with Crippen LogP contribution in [0.1, 0.15) is 67.8 Å². The van der Waals surface area contributed by atoms with Crippen molar-refractivity contribution in [1.29, 1.82) is 0 Å². The molecule has 0 fully saturated rings. The van der Waals surface area contributed by atoms with E-state index >= 15 is 0 Å². The molecule has 0 saturated heterocycles. The van der Waals surface area contributed by atoms with Gasteiger partial charge in [-0.15, -0.1) is 0 Å². The number of hydrogen-bond donors (Lipinski definition) is 4. The van der Waals surface area contributed by atoms with E-state index in [1.54, 1.807) is 20.1 Å². The van der Waals surface area contributed by atoms with E-state index in [1.807, 2.05) is 63.2 Å².